The lowest BCUT2D eigenvalue weighted by molar-refractivity contribution is -0.0905. The smallest absolute Gasteiger partial charge is 0.213 e. The second kappa shape index (κ2) is 6.36. The van der Waals surface area contributed by atoms with E-state index in [4.69, 9.17) is 16.3 Å². The fourth-order valence-corrected chi connectivity index (χ4v) is 3.93. The molecule has 0 radical (unpaired) electrons. The predicted molar refractivity (Wildman–Crippen MR) is 69.9 cm³/mol. The maximum absolute atomic E-state index is 11.7. The van der Waals surface area contributed by atoms with Gasteiger partial charge in [0.1, 0.15) is 0 Å². The van der Waals surface area contributed by atoms with E-state index in [0.717, 1.165) is 25.7 Å². The SMILES string of the molecule is CCC1(CC)CC(NS(=O)(=O)CCCl)CCO1. The number of rotatable bonds is 6. The van der Waals surface area contributed by atoms with E-state index in [-0.39, 0.29) is 23.3 Å². The fraction of sp³-hybridized carbons (Fsp3) is 1.00. The van der Waals surface area contributed by atoms with Gasteiger partial charge in [0.25, 0.3) is 0 Å². The Labute approximate surface area is 109 Å². The lowest BCUT2D eigenvalue weighted by atomic mass is 9.86. The maximum atomic E-state index is 11.7. The third kappa shape index (κ3) is 4.39. The quantitative estimate of drug-likeness (QED) is 0.757. The molecule has 0 saturated carbocycles. The molecule has 4 nitrogen and oxygen atoms in total. The van der Waals surface area contributed by atoms with Gasteiger partial charge in [-0.2, -0.15) is 0 Å². The largest absolute Gasteiger partial charge is 0.375 e. The first-order valence-electron chi connectivity index (χ1n) is 6.17. The summed E-state index contributed by atoms with van der Waals surface area (Å²) in [6, 6.07) is -0.0168. The molecule has 0 spiro atoms. The van der Waals surface area contributed by atoms with Crippen LogP contribution in [0.15, 0.2) is 0 Å². The number of sulfonamides is 1. The van der Waals surface area contributed by atoms with Gasteiger partial charge in [-0.25, -0.2) is 13.1 Å². The highest BCUT2D eigenvalue weighted by Gasteiger charge is 2.35. The molecular formula is C11H22ClNO3S. The van der Waals surface area contributed by atoms with Crippen LogP contribution in [-0.2, 0) is 14.8 Å². The van der Waals surface area contributed by atoms with Crippen LogP contribution in [0.25, 0.3) is 0 Å². The Balaban J connectivity index is 2.61. The zero-order valence-electron chi connectivity index (χ0n) is 10.5. The zero-order chi connectivity index (χ0) is 12.9. The zero-order valence-corrected chi connectivity index (χ0v) is 12.1. The van der Waals surface area contributed by atoms with E-state index in [1.807, 2.05) is 0 Å². The average Bonchev–Trinajstić information content (AvgIpc) is 2.28. The third-order valence-corrected chi connectivity index (χ3v) is 5.32. The summed E-state index contributed by atoms with van der Waals surface area (Å²) in [6.07, 6.45) is 3.32. The first-order chi connectivity index (χ1) is 7.97. The van der Waals surface area contributed by atoms with E-state index >= 15 is 0 Å². The summed E-state index contributed by atoms with van der Waals surface area (Å²) in [7, 11) is -3.24. The summed E-state index contributed by atoms with van der Waals surface area (Å²) in [5.74, 6) is 0.114. The molecule has 1 saturated heterocycles. The average molecular weight is 284 g/mol. The minimum absolute atomic E-state index is 0.0167. The van der Waals surface area contributed by atoms with E-state index in [9.17, 15) is 8.42 Å². The summed E-state index contributed by atoms with van der Waals surface area (Å²) >= 11 is 5.47. The van der Waals surface area contributed by atoms with E-state index in [1.165, 1.54) is 0 Å². The van der Waals surface area contributed by atoms with Gasteiger partial charge in [0, 0.05) is 18.5 Å². The molecule has 0 bridgehead atoms. The molecule has 6 heteroatoms. The predicted octanol–water partition coefficient (Wildman–Crippen LogP) is 1.88. The maximum Gasteiger partial charge on any atom is 0.213 e. The molecule has 17 heavy (non-hydrogen) atoms. The Morgan fingerprint density at radius 2 is 2.06 bits per heavy atom. The number of hydrogen-bond acceptors (Lipinski definition) is 3. The molecule has 1 unspecified atom stereocenters. The first kappa shape index (κ1) is 15.2. The number of ether oxygens (including phenoxy) is 1. The van der Waals surface area contributed by atoms with Crippen molar-refractivity contribution in [3.05, 3.63) is 0 Å². The summed E-state index contributed by atoms with van der Waals surface area (Å²) in [5, 5.41) is 0. The highest BCUT2D eigenvalue weighted by atomic mass is 35.5. The molecule has 102 valence electrons. The van der Waals surface area contributed by atoms with Crippen molar-refractivity contribution in [3.63, 3.8) is 0 Å². The van der Waals surface area contributed by atoms with Crippen molar-refractivity contribution < 1.29 is 13.2 Å². The first-order valence-corrected chi connectivity index (χ1v) is 8.35. The molecule has 1 rings (SSSR count). The fourth-order valence-electron chi connectivity index (χ4n) is 2.29. The second-order valence-electron chi connectivity index (χ2n) is 4.55. The van der Waals surface area contributed by atoms with Crippen molar-refractivity contribution in [2.24, 2.45) is 0 Å². The lowest BCUT2D eigenvalue weighted by Crippen LogP contribution is -2.48. The second-order valence-corrected chi connectivity index (χ2v) is 6.81. The van der Waals surface area contributed by atoms with Gasteiger partial charge in [-0.15, -0.1) is 11.6 Å². The minimum atomic E-state index is -3.24. The highest BCUT2D eigenvalue weighted by Crippen LogP contribution is 2.31. The van der Waals surface area contributed by atoms with Crippen molar-refractivity contribution in [3.8, 4) is 0 Å². The molecule has 1 fully saturated rings. The van der Waals surface area contributed by atoms with Gasteiger partial charge in [-0.1, -0.05) is 13.8 Å². The minimum Gasteiger partial charge on any atom is -0.375 e. The van der Waals surface area contributed by atoms with Crippen molar-refractivity contribution >= 4 is 21.6 Å². The van der Waals surface area contributed by atoms with Crippen LogP contribution in [0.3, 0.4) is 0 Å². The molecule has 0 aromatic carbocycles. The highest BCUT2D eigenvalue weighted by molar-refractivity contribution is 7.89. The number of hydrogen-bond donors (Lipinski definition) is 1. The van der Waals surface area contributed by atoms with Crippen molar-refractivity contribution in [2.45, 2.75) is 51.2 Å². The Morgan fingerprint density at radius 1 is 1.41 bits per heavy atom. The molecular weight excluding hydrogens is 262 g/mol. The molecule has 1 aliphatic rings. The van der Waals surface area contributed by atoms with Gasteiger partial charge in [-0.3, -0.25) is 0 Å². The van der Waals surface area contributed by atoms with Crippen LogP contribution < -0.4 is 4.72 Å². The topological polar surface area (TPSA) is 55.4 Å². The summed E-state index contributed by atoms with van der Waals surface area (Å²) in [4.78, 5) is 0. The summed E-state index contributed by atoms with van der Waals surface area (Å²) < 4.78 is 31.8. The molecule has 0 aromatic heterocycles. The van der Waals surface area contributed by atoms with Crippen LogP contribution in [0.5, 0.6) is 0 Å². The molecule has 0 aliphatic carbocycles. The Bertz CT molecular complexity index is 328. The molecule has 1 heterocycles. The monoisotopic (exact) mass is 283 g/mol. The van der Waals surface area contributed by atoms with Crippen LogP contribution in [-0.4, -0.2) is 38.3 Å². The van der Waals surface area contributed by atoms with E-state index in [1.54, 1.807) is 0 Å². The van der Waals surface area contributed by atoms with Crippen molar-refractivity contribution in [2.75, 3.05) is 18.2 Å². The van der Waals surface area contributed by atoms with Gasteiger partial charge in [0.15, 0.2) is 0 Å². The van der Waals surface area contributed by atoms with Crippen LogP contribution in [0, 0.1) is 0 Å². The van der Waals surface area contributed by atoms with Crippen LogP contribution >= 0.6 is 11.6 Å². The normalized spacial score (nSPS) is 24.8. The van der Waals surface area contributed by atoms with Crippen LogP contribution in [0.2, 0.25) is 0 Å². The molecule has 1 atom stereocenters. The Kier molecular flexibility index (Phi) is 5.70. The summed E-state index contributed by atoms with van der Waals surface area (Å²) in [6.45, 7) is 4.79. The van der Waals surface area contributed by atoms with E-state index < -0.39 is 10.0 Å². The Hall–Kier alpha value is 0.160. The third-order valence-electron chi connectivity index (χ3n) is 3.47. The molecule has 1 aliphatic heterocycles. The van der Waals surface area contributed by atoms with Crippen LogP contribution in [0.1, 0.15) is 39.5 Å². The van der Waals surface area contributed by atoms with Gasteiger partial charge < -0.3 is 4.74 Å². The summed E-state index contributed by atoms with van der Waals surface area (Å²) in [5.41, 5.74) is -0.160. The molecule has 0 amide bonds. The molecule has 1 N–H and O–H groups in total. The van der Waals surface area contributed by atoms with Gasteiger partial charge in [0.05, 0.1) is 11.4 Å². The van der Waals surface area contributed by atoms with Crippen molar-refractivity contribution in [1.29, 1.82) is 0 Å². The van der Waals surface area contributed by atoms with Crippen molar-refractivity contribution in [1.82, 2.24) is 4.72 Å². The van der Waals surface area contributed by atoms with E-state index in [0.29, 0.717) is 6.61 Å². The van der Waals surface area contributed by atoms with Gasteiger partial charge in [-0.05, 0) is 25.7 Å². The van der Waals surface area contributed by atoms with Gasteiger partial charge in [0.2, 0.25) is 10.0 Å². The number of halogens is 1. The lowest BCUT2D eigenvalue weighted by Gasteiger charge is -2.40. The number of alkyl halides is 1. The van der Waals surface area contributed by atoms with Gasteiger partial charge >= 0.3 is 0 Å². The van der Waals surface area contributed by atoms with Crippen LogP contribution in [0.4, 0.5) is 0 Å². The Morgan fingerprint density at radius 3 is 2.59 bits per heavy atom. The molecule has 0 aromatic rings. The van der Waals surface area contributed by atoms with E-state index in [2.05, 4.69) is 18.6 Å². The number of nitrogens with one attached hydrogen (secondary N) is 1. The standard InChI is InChI=1S/C11H22ClNO3S/c1-3-11(4-2)9-10(5-7-16-11)13-17(14,15)8-6-12/h10,13H,3-9H2,1-2H3.